The number of aromatic nitrogens is 1. The third-order valence-electron chi connectivity index (χ3n) is 4.75. The predicted molar refractivity (Wildman–Crippen MR) is 89.7 cm³/mol. The van der Waals surface area contributed by atoms with Crippen molar-refractivity contribution in [1.82, 2.24) is 14.8 Å². The van der Waals surface area contributed by atoms with Crippen LogP contribution >= 0.6 is 0 Å². The smallest absolute Gasteiger partial charge is 0.255 e. The molecule has 0 radical (unpaired) electrons. The number of pyridine rings is 1. The van der Waals surface area contributed by atoms with Crippen LogP contribution in [0.2, 0.25) is 0 Å². The number of carbonyl (C=O) groups is 1. The summed E-state index contributed by atoms with van der Waals surface area (Å²) < 4.78 is 0. The topological polar surface area (TPSA) is 59.9 Å². The summed E-state index contributed by atoms with van der Waals surface area (Å²) in [6.07, 6.45) is 5.15. The van der Waals surface area contributed by atoms with E-state index in [0.29, 0.717) is 5.56 Å². The van der Waals surface area contributed by atoms with Gasteiger partial charge in [0.15, 0.2) is 0 Å². The van der Waals surface area contributed by atoms with Crippen molar-refractivity contribution in [2.24, 2.45) is 0 Å². The van der Waals surface area contributed by atoms with Crippen LogP contribution in [0.1, 0.15) is 29.6 Å². The molecule has 1 N–H and O–H groups in total. The van der Waals surface area contributed by atoms with Gasteiger partial charge < -0.3 is 14.9 Å². The molecule has 1 amide bonds. The largest absolute Gasteiger partial charge is 0.395 e. The first-order valence-corrected chi connectivity index (χ1v) is 8.61. The number of β-amino-alcohol motifs (C(OH)–C–C–N with tert-alkyl or cyclic N) is 1. The fraction of sp³-hybridized carbons (Fsp3) is 0.647. The van der Waals surface area contributed by atoms with E-state index in [1.807, 2.05) is 17.0 Å². The molecule has 2 saturated heterocycles. The highest BCUT2D eigenvalue weighted by molar-refractivity contribution is 5.94. The van der Waals surface area contributed by atoms with Gasteiger partial charge >= 0.3 is 0 Å². The number of piperidine rings is 1. The van der Waals surface area contributed by atoms with E-state index in [4.69, 9.17) is 5.11 Å². The number of aliphatic hydroxyl groups is 1. The Bertz CT molecular complexity index is 506. The van der Waals surface area contributed by atoms with Gasteiger partial charge in [-0.2, -0.15) is 0 Å². The molecule has 0 aliphatic carbocycles. The molecule has 6 heteroatoms. The second-order valence-corrected chi connectivity index (χ2v) is 6.31. The van der Waals surface area contributed by atoms with Crippen molar-refractivity contribution in [2.45, 2.75) is 19.3 Å². The molecule has 3 rings (SSSR count). The summed E-state index contributed by atoms with van der Waals surface area (Å²) in [6.45, 7) is 6.39. The fourth-order valence-electron chi connectivity index (χ4n) is 3.32. The predicted octanol–water partition coefficient (Wildman–Crippen LogP) is 0.822. The van der Waals surface area contributed by atoms with Gasteiger partial charge in [-0.05, 0) is 31.4 Å². The molecule has 0 atom stereocenters. The molecular weight excluding hydrogens is 292 g/mol. The summed E-state index contributed by atoms with van der Waals surface area (Å²) in [7, 11) is 0. The molecule has 6 nitrogen and oxygen atoms in total. The first kappa shape index (κ1) is 16.2. The molecule has 3 heterocycles. The van der Waals surface area contributed by atoms with Gasteiger partial charge in [-0.15, -0.1) is 0 Å². The van der Waals surface area contributed by atoms with Crippen molar-refractivity contribution in [3.8, 4) is 0 Å². The average molecular weight is 318 g/mol. The highest BCUT2D eigenvalue weighted by atomic mass is 16.3. The standard InChI is InChI=1S/C17H26N4O2/c22-13-12-19-8-10-20(11-9-19)16-5-4-15(14-18-16)17(23)21-6-2-1-3-7-21/h4-5,14,22H,1-3,6-13H2. The van der Waals surface area contributed by atoms with Gasteiger partial charge in [-0.1, -0.05) is 0 Å². The molecular formula is C17H26N4O2. The Morgan fingerprint density at radius 2 is 1.78 bits per heavy atom. The van der Waals surface area contributed by atoms with Crippen molar-refractivity contribution in [1.29, 1.82) is 0 Å². The lowest BCUT2D eigenvalue weighted by atomic mass is 10.1. The highest BCUT2D eigenvalue weighted by Crippen LogP contribution is 2.17. The maximum atomic E-state index is 12.4. The molecule has 23 heavy (non-hydrogen) atoms. The Morgan fingerprint density at radius 3 is 2.39 bits per heavy atom. The van der Waals surface area contributed by atoms with Crippen LogP contribution in [0.4, 0.5) is 5.82 Å². The molecule has 2 aliphatic heterocycles. The number of likely N-dealkylation sites (tertiary alicyclic amines) is 1. The third-order valence-corrected chi connectivity index (χ3v) is 4.75. The van der Waals surface area contributed by atoms with Gasteiger partial charge in [0, 0.05) is 52.0 Å². The number of carbonyl (C=O) groups excluding carboxylic acids is 1. The molecule has 126 valence electrons. The maximum absolute atomic E-state index is 12.4. The van der Waals surface area contributed by atoms with E-state index in [2.05, 4.69) is 14.8 Å². The number of hydrogen-bond acceptors (Lipinski definition) is 5. The monoisotopic (exact) mass is 318 g/mol. The summed E-state index contributed by atoms with van der Waals surface area (Å²) in [5, 5.41) is 8.99. The van der Waals surface area contributed by atoms with E-state index < -0.39 is 0 Å². The number of rotatable bonds is 4. The van der Waals surface area contributed by atoms with Gasteiger partial charge in [0.05, 0.1) is 12.2 Å². The number of piperazine rings is 1. The number of aliphatic hydroxyl groups excluding tert-OH is 1. The Balaban J connectivity index is 1.58. The minimum Gasteiger partial charge on any atom is -0.395 e. The van der Waals surface area contributed by atoms with E-state index in [1.54, 1.807) is 6.20 Å². The molecule has 0 bridgehead atoms. The minimum atomic E-state index is 0.108. The normalized spacial score (nSPS) is 19.9. The van der Waals surface area contributed by atoms with Crippen LogP contribution in [0, 0.1) is 0 Å². The molecule has 0 unspecified atom stereocenters. The number of nitrogens with zero attached hydrogens (tertiary/aromatic N) is 4. The van der Waals surface area contributed by atoms with E-state index in [0.717, 1.165) is 64.5 Å². The quantitative estimate of drug-likeness (QED) is 0.891. The van der Waals surface area contributed by atoms with Crippen LogP contribution in [0.15, 0.2) is 18.3 Å². The Morgan fingerprint density at radius 1 is 1.04 bits per heavy atom. The molecule has 1 aromatic rings. The number of anilines is 1. The van der Waals surface area contributed by atoms with Crippen LogP contribution in [0.5, 0.6) is 0 Å². The molecule has 2 aliphatic rings. The average Bonchev–Trinajstić information content (AvgIpc) is 2.63. The van der Waals surface area contributed by atoms with E-state index in [-0.39, 0.29) is 12.5 Å². The van der Waals surface area contributed by atoms with Gasteiger partial charge in [0.25, 0.3) is 5.91 Å². The van der Waals surface area contributed by atoms with Gasteiger partial charge in [-0.25, -0.2) is 4.98 Å². The first-order chi connectivity index (χ1) is 11.3. The third kappa shape index (κ3) is 4.00. The van der Waals surface area contributed by atoms with Crippen molar-refractivity contribution in [2.75, 3.05) is 57.3 Å². The second kappa shape index (κ2) is 7.75. The SMILES string of the molecule is O=C(c1ccc(N2CCN(CCO)CC2)nc1)N1CCCCC1. The molecule has 2 fully saturated rings. The Kier molecular flexibility index (Phi) is 5.46. The summed E-state index contributed by atoms with van der Waals surface area (Å²) in [5.74, 6) is 1.04. The lowest BCUT2D eigenvalue weighted by Gasteiger charge is -2.35. The van der Waals surface area contributed by atoms with Crippen molar-refractivity contribution in [3.05, 3.63) is 23.9 Å². The second-order valence-electron chi connectivity index (χ2n) is 6.31. The molecule has 0 saturated carbocycles. The van der Waals surface area contributed by atoms with Gasteiger partial charge in [-0.3, -0.25) is 9.69 Å². The molecule has 1 aromatic heterocycles. The van der Waals surface area contributed by atoms with Crippen molar-refractivity contribution in [3.63, 3.8) is 0 Å². The number of amides is 1. The van der Waals surface area contributed by atoms with E-state index in [9.17, 15) is 4.79 Å². The zero-order valence-corrected chi connectivity index (χ0v) is 13.7. The first-order valence-electron chi connectivity index (χ1n) is 8.61. The zero-order valence-electron chi connectivity index (χ0n) is 13.7. The van der Waals surface area contributed by atoms with Crippen LogP contribution in [0.25, 0.3) is 0 Å². The van der Waals surface area contributed by atoms with Crippen LogP contribution in [-0.4, -0.2) is 78.2 Å². The lowest BCUT2D eigenvalue weighted by Crippen LogP contribution is -2.47. The fourth-order valence-corrected chi connectivity index (χ4v) is 3.32. The summed E-state index contributed by atoms with van der Waals surface area (Å²) in [4.78, 5) is 23.4. The van der Waals surface area contributed by atoms with Crippen molar-refractivity contribution < 1.29 is 9.90 Å². The summed E-state index contributed by atoms with van der Waals surface area (Å²) in [6, 6.07) is 3.86. The zero-order chi connectivity index (χ0) is 16.1. The summed E-state index contributed by atoms with van der Waals surface area (Å²) in [5.41, 5.74) is 0.689. The highest BCUT2D eigenvalue weighted by Gasteiger charge is 2.20. The lowest BCUT2D eigenvalue weighted by molar-refractivity contribution is 0.0724. The summed E-state index contributed by atoms with van der Waals surface area (Å²) >= 11 is 0. The van der Waals surface area contributed by atoms with Crippen LogP contribution in [-0.2, 0) is 0 Å². The molecule has 0 spiro atoms. The Hall–Kier alpha value is -1.66. The maximum Gasteiger partial charge on any atom is 0.255 e. The Labute approximate surface area is 137 Å². The number of hydrogen-bond donors (Lipinski definition) is 1. The van der Waals surface area contributed by atoms with Crippen molar-refractivity contribution >= 4 is 11.7 Å². The van der Waals surface area contributed by atoms with E-state index >= 15 is 0 Å². The van der Waals surface area contributed by atoms with Crippen LogP contribution in [0.3, 0.4) is 0 Å². The van der Waals surface area contributed by atoms with Gasteiger partial charge in [0.1, 0.15) is 5.82 Å². The van der Waals surface area contributed by atoms with E-state index in [1.165, 1.54) is 6.42 Å². The molecule has 0 aromatic carbocycles. The minimum absolute atomic E-state index is 0.108. The van der Waals surface area contributed by atoms with Crippen LogP contribution < -0.4 is 4.90 Å². The van der Waals surface area contributed by atoms with Gasteiger partial charge in [0.2, 0.25) is 0 Å².